The molecule has 1 aromatic heterocycles. The number of carboxylic acids is 1. The molecular formula is C15H22N4O4. The van der Waals surface area contributed by atoms with Crippen molar-refractivity contribution in [1.82, 2.24) is 15.3 Å². The average molecular weight is 322 g/mol. The lowest BCUT2D eigenvalue weighted by molar-refractivity contribution is 0.0496. The quantitative estimate of drug-likeness (QED) is 0.872. The highest BCUT2D eigenvalue weighted by atomic mass is 16.6. The molecule has 1 aliphatic heterocycles. The maximum Gasteiger partial charge on any atom is 0.407 e. The van der Waals surface area contributed by atoms with E-state index in [1.54, 1.807) is 0 Å². The second-order valence-corrected chi connectivity index (χ2v) is 6.47. The zero-order valence-electron chi connectivity index (χ0n) is 13.6. The van der Waals surface area contributed by atoms with Gasteiger partial charge in [0.1, 0.15) is 11.4 Å². The number of carbonyl (C=O) groups excluding carboxylic acids is 1. The van der Waals surface area contributed by atoms with Crippen LogP contribution in [-0.4, -0.2) is 51.9 Å². The fourth-order valence-electron chi connectivity index (χ4n) is 2.32. The number of alkyl carbamates (subject to hydrolysis) is 1. The van der Waals surface area contributed by atoms with Gasteiger partial charge in [-0.2, -0.15) is 0 Å². The van der Waals surface area contributed by atoms with Crippen molar-refractivity contribution in [3.63, 3.8) is 0 Å². The lowest BCUT2D eigenvalue weighted by atomic mass is 10.1. The van der Waals surface area contributed by atoms with Gasteiger partial charge in [-0.1, -0.05) is 0 Å². The topological polar surface area (TPSA) is 105 Å². The second-order valence-electron chi connectivity index (χ2n) is 6.47. The molecule has 2 heterocycles. The molecule has 8 heteroatoms. The largest absolute Gasteiger partial charge is 0.476 e. The first kappa shape index (κ1) is 17.0. The fraction of sp³-hybridized carbons (Fsp3) is 0.600. The Labute approximate surface area is 134 Å². The van der Waals surface area contributed by atoms with E-state index >= 15 is 0 Å². The van der Waals surface area contributed by atoms with Crippen LogP contribution in [0.1, 0.15) is 44.1 Å². The molecule has 1 aromatic rings. The number of hydrogen-bond acceptors (Lipinski definition) is 6. The highest BCUT2D eigenvalue weighted by Crippen LogP contribution is 2.17. The van der Waals surface area contributed by atoms with Gasteiger partial charge in [0.15, 0.2) is 5.69 Å². The molecule has 2 N–H and O–H groups in total. The third-order valence-electron chi connectivity index (χ3n) is 3.40. The molecule has 0 spiro atoms. The van der Waals surface area contributed by atoms with Crippen molar-refractivity contribution in [2.45, 2.75) is 45.3 Å². The summed E-state index contributed by atoms with van der Waals surface area (Å²) in [6.45, 7) is 6.90. The van der Waals surface area contributed by atoms with Crippen LogP contribution in [0.4, 0.5) is 10.6 Å². The molecule has 1 fully saturated rings. The van der Waals surface area contributed by atoms with Gasteiger partial charge in [-0.3, -0.25) is 0 Å². The molecule has 1 amide bonds. The highest BCUT2D eigenvalue weighted by molar-refractivity contribution is 5.84. The molecule has 1 saturated heterocycles. The molecule has 0 bridgehead atoms. The van der Waals surface area contributed by atoms with E-state index in [0.29, 0.717) is 18.9 Å². The summed E-state index contributed by atoms with van der Waals surface area (Å²) in [5.74, 6) is -0.449. The molecule has 8 nitrogen and oxygen atoms in total. The molecule has 1 aliphatic rings. The molecular weight excluding hydrogens is 300 g/mol. The van der Waals surface area contributed by atoms with Crippen molar-refractivity contribution < 1.29 is 19.4 Å². The number of amides is 1. The van der Waals surface area contributed by atoms with E-state index in [-0.39, 0.29) is 11.7 Å². The zero-order valence-corrected chi connectivity index (χ0v) is 13.6. The Morgan fingerprint density at radius 1 is 1.26 bits per heavy atom. The fourth-order valence-corrected chi connectivity index (χ4v) is 2.32. The minimum Gasteiger partial charge on any atom is -0.476 e. The van der Waals surface area contributed by atoms with Crippen LogP contribution in [0.2, 0.25) is 0 Å². The number of carbonyl (C=O) groups is 2. The number of rotatable bonds is 3. The molecule has 23 heavy (non-hydrogen) atoms. The Hall–Kier alpha value is -2.38. The lowest BCUT2D eigenvalue weighted by Gasteiger charge is -2.33. The zero-order chi connectivity index (χ0) is 17.0. The smallest absolute Gasteiger partial charge is 0.407 e. The molecule has 0 unspecified atom stereocenters. The monoisotopic (exact) mass is 322 g/mol. The number of carboxylic acid groups (broad SMARTS) is 1. The van der Waals surface area contributed by atoms with Crippen LogP contribution in [0.25, 0.3) is 0 Å². The maximum atomic E-state index is 11.8. The van der Waals surface area contributed by atoms with Crippen LogP contribution in [0.3, 0.4) is 0 Å². The van der Waals surface area contributed by atoms with Crippen molar-refractivity contribution in [3.8, 4) is 0 Å². The van der Waals surface area contributed by atoms with E-state index < -0.39 is 17.7 Å². The van der Waals surface area contributed by atoms with Gasteiger partial charge in [0, 0.05) is 19.1 Å². The number of anilines is 1. The Morgan fingerprint density at radius 3 is 2.39 bits per heavy atom. The summed E-state index contributed by atoms with van der Waals surface area (Å²) in [4.78, 5) is 32.5. The van der Waals surface area contributed by atoms with Crippen molar-refractivity contribution in [2.24, 2.45) is 0 Å². The third-order valence-corrected chi connectivity index (χ3v) is 3.40. The Bertz CT molecular complexity index is 560. The number of aromatic nitrogens is 2. The van der Waals surface area contributed by atoms with Gasteiger partial charge >= 0.3 is 12.1 Å². The summed E-state index contributed by atoms with van der Waals surface area (Å²) in [7, 11) is 0. The Kier molecular flexibility index (Phi) is 5.02. The predicted octanol–water partition coefficient (Wildman–Crippen LogP) is 1.67. The summed E-state index contributed by atoms with van der Waals surface area (Å²) in [5.41, 5.74) is -0.582. The molecule has 0 radical (unpaired) electrons. The van der Waals surface area contributed by atoms with E-state index in [9.17, 15) is 9.59 Å². The molecule has 126 valence electrons. The van der Waals surface area contributed by atoms with Crippen LogP contribution in [0.15, 0.2) is 12.4 Å². The van der Waals surface area contributed by atoms with E-state index in [1.807, 2.05) is 25.7 Å². The summed E-state index contributed by atoms with van der Waals surface area (Å²) >= 11 is 0. The van der Waals surface area contributed by atoms with Gasteiger partial charge in [-0.05, 0) is 33.6 Å². The summed E-state index contributed by atoms with van der Waals surface area (Å²) in [6, 6.07) is 0.0624. The van der Waals surface area contributed by atoms with Crippen LogP contribution >= 0.6 is 0 Å². The van der Waals surface area contributed by atoms with Crippen molar-refractivity contribution in [3.05, 3.63) is 18.1 Å². The number of piperidine rings is 1. The van der Waals surface area contributed by atoms with Gasteiger partial charge in [-0.15, -0.1) is 0 Å². The van der Waals surface area contributed by atoms with Crippen LogP contribution in [0.5, 0.6) is 0 Å². The summed E-state index contributed by atoms with van der Waals surface area (Å²) < 4.78 is 5.25. The number of ether oxygens (including phenoxy) is 1. The van der Waals surface area contributed by atoms with E-state index in [2.05, 4.69) is 15.3 Å². The SMILES string of the molecule is CC(C)(C)OC(=O)NC1CCN(c2cnc(C(=O)O)cn2)CC1. The molecule has 0 aromatic carbocycles. The van der Waals surface area contributed by atoms with Crippen LogP contribution in [0, 0.1) is 0 Å². The molecule has 2 rings (SSSR count). The first-order chi connectivity index (χ1) is 10.7. The Balaban J connectivity index is 1.84. The minimum absolute atomic E-state index is 0.0624. The maximum absolute atomic E-state index is 11.8. The number of nitrogens with zero attached hydrogens (tertiary/aromatic N) is 3. The number of hydrogen-bond donors (Lipinski definition) is 2. The predicted molar refractivity (Wildman–Crippen MR) is 83.6 cm³/mol. The van der Waals surface area contributed by atoms with Gasteiger partial charge in [0.25, 0.3) is 0 Å². The first-order valence-electron chi connectivity index (χ1n) is 7.54. The average Bonchev–Trinajstić information content (AvgIpc) is 2.46. The standard InChI is InChI=1S/C15H22N4O4/c1-15(2,3)23-14(22)18-10-4-6-19(7-5-10)12-9-16-11(8-17-12)13(20)21/h8-10H,4-7H2,1-3H3,(H,18,22)(H,20,21). The lowest BCUT2D eigenvalue weighted by Crippen LogP contribution is -2.46. The van der Waals surface area contributed by atoms with Crippen molar-refractivity contribution in [2.75, 3.05) is 18.0 Å². The van der Waals surface area contributed by atoms with Crippen LogP contribution < -0.4 is 10.2 Å². The van der Waals surface area contributed by atoms with E-state index in [4.69, 9.17) is 9.84 Å². The van der Waals surface area contributed by atoms with E-state index in [1.165, 1.54) is 12.4 Å². The molecule has 0 aliphatic carbocycles. The normalized spacial score (nSPS) is 16.0. The Morgan fingerprint density at radius 2 is 1.91 bits per heavy atom. The summed E-state index contributed by atoms with van der Waals surface area (Å²) in [6.07, 6.45) is 3.85. The first-order valence-corrected chi connectivity index (χ1v) is 7.54. The second kappa shape index (κ2) is 6.80. The van der Waals surface area contributed by atoms with Gasteiger partial charge in [0.05, 0.1) is 12.4 Å². The van der Waals surface area contributed by atoms with Gasteiger partial charge in [-0.25, -0.2) is 19.6 Å². The number of nitrogens with one attached hydrogen (secondary N) is 1. The van der Waals surface area contributed by atoms with Gasteiger partial charge < -0.3 is 20.1 Å². The highest BCUT2D eigenvalue weighted by Gasteiger charge is 2.24. The van der Waals surface area contributed by atoms with Gasteiger partial charge in [0.2, 0.25) is 0 Å². The molecule has 0 saturated carbocycles. The number of aromatic carboxylic acids is 1. The minimum atomic E-state index is -1.09. The summed E-state index contributed by atoms with van der Waals surface area (Å²) in [5, 5.41) is 11.7. The molecule has 0 atom stereocenters. The van der Waals surface area contributed by atoms with Crippen molar-refractivity contribution in [1.29, 1.82) is 0 Å². The van der Waals surface area contributed by atoms with Crippen LogP contribution in [-0.2, 0) is 4.74 Å². The van der Waals surface area contributed by atoms with E-state index in [0.717, 1.165) is 12.8 Å². The third kappa shape index (κ3) is 5.08. The van der Waals surface area contributed by atoms with Crippen molar-refractivity contribution >= 4 is 17.9 Å².